The second kappa shape index (κ2) is 4.61. The van der Waals surface area contributed by atoms with Crippen LogP contribution in [0.5, 0.6) is 0 Å². The molecule has 1 aliphatic rings. The zero-order chi connectivity index (χ0) is 13.4. The van der Waals surface area contributed by atoms with Crippen LogP contribution in [-0.4, -0.2) is 16.8 Å². The molecule has 0 spiro atoms. The van der Waals surface area contributed by atoms with E-state index in [1.807, 2.05) is 0 Å². The number of hydrogen-bond donors (Lipinski definition) is 0. The molecule has 1 fully saturated rings. The number of benzene rings is 1. The lowest BCUT2D eigenvalue weighted by Gasteiger charge is -2.20. The van der Waals surface area contributed by atoms with Crippen molar-refractivity contribution in [3.8, 4) is 0 Å². The van der Waals surface area contributed by atoms with Gasteiger partial charge in [0.25, 0.3) is 0 Å². The molecule has 1 aromatic heterocycles. The van der Waals surface area contributed by atoms with Crippen LogP contribution in [0.3, 0.4) is 0 Å². The number of aromatic nitrogens is 1. The average Bonchev–Trinajstić information content (AvgIpc) is 2.77. The molecule has 0 aliphatic heterocycles. The van der Waals surface area contributed by atoms with Crippen LogP contribution in [0.15, 0.2) is 24.4 Å². The highest BCUT2D eigenvalue weighted by atomic mass is 19.1. The van der Waals surface area contributed by atoms with Crippen molar-refractivity contribution in [2.75, 3.05) is 0 Å². The van der Waals surface area contributed by atoms with E-state index in [1.165, 1.54) is 16.7 Å². The third-order valence-corrected chi connectivity index (χ3v) is 3.92. The Balaban J connectivity index is 2.09. The smallest absolute Gasteiger partial charge is 0.218 e. The molecule has 1 heterocycles. The number of fused-ring (bicyclic) bond motifs is 1. The van der Waals surface area contributed by atoms with Crippen LogP contribution in [0.1, 0.15) is 37.2 Å². The van der Waals surface area contributed by atoms with Crippen LogP contribution in [0.4, 0.5) is 4.39 Å². The van der Waals surface area contributed by atoms with E-state index in [0.717, 1.165) is 35.7 Å². The Labute approximate surface area is 110 Å². The second-order valence-corrected chi connectivity index (χ2v) is 5.07. The lowest BCUT2D eigenvalue weighted by Crippen LogP contribution is -2.12. The Bertz CT molecular complexity index is 649. The van der Waals surface area contributed by atoms with E-state index in [2.05, 4.69) is 0 Å². The number of rotatable bonds is 2. The van der Waals surface area contributed by atoms with Gasteiger partial charge in [-0.15, -0.1) is 0 Å². The molecule has 0 radical (unpaired) electrons. The fourth-order valence-electron chi connectivity index (χ4n) is 2.92. The summed E-state index contributed by atoms with van der Waals surface area (Å²) < 4.78 is 14.9. The first-order valence-corrected chi connectivity index (χ1v) is 6.46. The van der Waals surface area contributed by atoms with Gasteiger partial charge in [-0.2, -0.15) is 0 Å². The van der Waals surface area contributed by atoms with Gasteiger partial charge in [0, 0.05) is 24.4 Å². The zero-order valence-electron chi connectivity index (χ0n) is 10.4. The van der Waals surface area contributed by atoms with Crippen molar-refractivity contribution in [2.24, 2.45) is 0 Å². The first-order chi connectivity index (χ1) is 9.19. The summed E-state index contributed by atoms with van der Waals surface area (Å²) in [5, 5.41) is 0.784. The van der Waals surface area contributed by atoms with Crippen molar-refractivity contribution < 1.29 is 14.0 Å². The van der Waals surface area contributed by atoms with Crippen molar-refractivity contribution in [3.63, 3.8) is 0 Å². The molecule has 1 aliphatic carbocycles. The number of halogens is 1. The third kappa shape index (κ3) is 2.07. The van der Waals surface area contributed by atoms with Gasteiger partial charge in [0.05, 0.1) is 5.52 Å². The Kier molecular flexibility index (Phi) is 2.93. The fourth-order valence-corrected chi connectivity index (χ4v) is 2.92. The number of nitrogens with zero attached hydrogens (tertiary/aromatic N) is 1. The molecule has 4 heteroatoms. The van der Waals surface area contributed by atoms with E-state index in [0.29, 0.717) is 18.6 Å². The van der Waals surface area contributed by atoms with Crippen molar-refractivity contribution in [1.29, 1.82) is 0 Å². The molecule has 0 atom stereocenters. The predicted molar refractivity (Wildman–Crippen MR) is 70.3 cm³/mol. The number of Topliss-reactive ketones (excluding diaryl/α,β-unsaturated/α-hetero) is 1. The van der Waals surface area contributed by atoms with E-state index in [-0.39, 0.29) is 11.7 Å². The fraction of sp³-hybridized carbons (Fsp3) is 0.333. The van der Waals surface area contributed by atoms with E-state index >= 15 is 0 Å². The minimum atomic E-state index is -0.302. The summed E-state index contributed by atoms with van der Waals surface area (Å²) in [6.07, 6.45) is 5.23. The number of carbonyl (C=O) groups is 2. The summed E-state index contributed by atoms with van der Waals surface area (Å²) in [5.41, 5.74) is 1.71. The first-order valence-electron chi connectivity index (χ1n) is 6.46. The monoisotopic (exact) mass is 259 g/mol. The predicted octanol–water partition coefficient (Wildman–Crippen LogP) is 3.05. The van der Waals surface area contributed by atoms with Crippen LogP contribution in [0.2, 0.25) is 0 Å². The summed E-state index contributed by atoms with van der Waals surface area (Å²) >= 11 is 0. The van der Waals surface area contributed by atoms with Crippen LogP contribution >= 0.6 is 0 Å². The normalized spacial score (nSPS) is 17.0. The second-order valence-electron chi connectivity index (χ2n) is 5.07. The highest BCUT2D eigenvalue weighted by Gasteiger charge is 2.23. The summed E-state index contributed by atoms with van der Waals surface area (Å²) in [6.45, 7) is 0. The number of carbonyl (C=O) groups excluding carboxylic acids is 2. The molecule has 1 saturated carbocycles. The minimum absolute atomic E-state index is 0.239. The van der Waals surface area contributed by atoms with Gasteiger partial charge in [-0.25, -0.2) is 4.39 Å². The van der Waals surface area contributed by atoms with Crippen molar-refractivity contribution in [2.45, 2.75) is 31.6 Å². The molecule has 0 N–H and O–H groups in total. The maximum atomic E-state index is 13.4. The molecule has 0 unspecified atom stereocenters. The summed E-state index contributed by atoms with van der Waals surface area (Å²) in [6, 6.07) is 4.45. The van der Waals surface area contributed by atoms with Gasteiger partial charge < -0.3 is 0 Å². The molecular weight excluding hydrogens is 245 g/mol. The van der Waals surface area contributed by atoms with Gasteiger partial charge in [-0.1, -0.05) is 0 Å². The zero-order valence-corrected chi connectivity index (χ0v) is 10.4. The Morgan fingerprint density at radius 1 is 1.26 bits per heavy atom. The lowest BCUT2D eigenvalue weighted by atomic mass is 9.83. The Hall–Kier alpha value is -1.97. The van der Waals surface area contributed by atoms with Gasteiger partial charge in [0.15, 0.2) is 0 Å². The largest absolute Gasteiger partial charge is 0.300 e. The molecule has 2 aromatic rings. The molecule has 19 heavy (non-hydrogen) atoms. The summed E-state index contributed by atoms with van der Waals surface area (Å²) in [7, 11) is 0. The van der Waals surface area contributed by atoms with E-state index in [4.69, 9.17) is 0 Å². The maximum Gasteiger partial charge on any atom is 0.218 e. The topological polar surface area (TPSA) is 39.1 Å². The molecule has 0 amide bonds. The molecule has 3 nitrogen and oxygen atoms in total. The molecule has 98 valence electrons. The van der Waals surface area contributed by atoms with Crippen molar-refractivity contribution in [3.05, 3.63) is 35.8 Å². The molecule has 1 aromatic carbocycles. The van der Waals surface area contributed by atoms with Gasteiger partial charge >= 0.3 is 0 Å². The Morgan fingerprint density at radius 2 is 2.00 bits per heavy atom. The molecule has 0 saturated heterocycles. The van der Waals surface area contributed by atoms with Crippen molar-refractivity contribution >= 4 is 23.1 Å². The highest BCUT2D eigenvalue weighted by Crippen LogP contribution is 2.36. The average molecular weight is 259 g/mol. The Morgan fingerprint density at radius 3 is 2.68 bits per heavy atom. The van der Waals surface area contributed by atoms with Crippen LogP contribution in [-0.2, 0) is 9.59 Å². The minimum Gasteiger partial charge on any atom is -0.300 e. The standard InChI is InChI=1S/C15H14FNO2/c16-11-3-6-15-13(7-11)14(8-17(15)9-18)10-1-4-12(19)5-2-10/h3,6-10H,1-2,4-5H2. The van der Waals surface area contributed by atoms with E-state index < -0.39 is 0 Å². The van der Waals surface area contributed by atoms with Gasteiger partial charge in [0.1, 0.15) is 11.6 Å². The van der Waals surface area contributed by atoms with Crippen LogP contribution < -0.4 is 0 Å². The number of hydrogen-bond acceptors (Lipinski definition) is 2. The summed E-state index contributed by atoms with van der Waals surface area (Å²) in [4.78, 5) is 22.4. The quantitative estimate of drug-likeness (QED) is 0.777. The van der Waals surface area contributed by atoms with Crippen LogP contribution in [0.25, 0.3) is 10.9 Å². The third-order valence-electron chi connectivity index (χ3n) is 3.92. The first kappa shape index (κ1) is 12.1. The molecule has 0 bridgehead atoms. The van der Waals surface area contributed by atoms with E-state index in [9.17, 15) is 14.0 Å². The summed E-state index contributed by atoms with van der Waals surface area (Å²) in [5.74, 6) is 0.231. The van der Waals surface area contributed by atoms with Crippen molar-refractivity contribution in [1.82, 2.24) is 4.57 Å². The molecular formula is C15H14FNO2. The van der Waals surface area contributed by atoms with Crippen LogP contribution in [0, 0.1) is 5.82 Å². The van der Waals surface area contributed by atoms with Gasteiger partial charge in [-0.3, -0.25) is 14.2 Å². The molecule has 3 rings (SSSR count). The number of ketones is 1. The highest BCUT2D eigenvalue weighted by molar-refractivity contribution is 5.89. The maximum absolute atomic E-state index is 13.4. The van der Waals surface area contributed by atoms with E-state index in [1.54, 1.807) is 12.3 Å². The van der Waals surface area contributed by atoms with Gasteiger partial charge in [0.2, 0.25) is 6.41 Å². The SMILES string of the molecule is O=Cn1cc(C2CCC(=O)CC2)c2cc(F)ccc21. The van der Waals surface area contributed by atoms with Gasteiger partial charge in [-0.05, 0) is 42.5 Å². The lowest BCUT2D eigenvalue weighted by molar-refractivity contribution is -0.120.